The highest BCUT2D eigenvalue weighted by atomic mass is 16.5. The predicted octanol–water partition coefficient (Wildman–Crippen LogP) is 3.28. The zero-order valence-electron chi connectivity index (χ0n) is 16.8. The van der Waals surface area contributed by atoms with E-state index < -0.39 is 17.8 Å². The maximum absolute atomic E-state index is 12.5. The van der Waals surface area contributed by atoms with Gasteiger partial charge in [-0.3, -0.25) is 4.79 Å². The molecular weight excluding hydrogens is 370 g/mol. The van der Waals surface area contributed by atoms with Gasteiger partial charge in [0.15, 0.2) is 6.10 Å². The zero-order chi connectivity index (χ0) is 21.0. The van der Waals surface area contributed by atoms with E-state index in [0.717, 1.165) is 16.7 Å². The summed E-state index contributed by atoms with van der Waals surface area (Å²) in [5.41, 5.74) is 2.42. The molecule has 1 heterocycles. The number of fused-ring (bicyclic) bond motifs is 1. The van der Waals surface area contributed by atoms with Gasteiger partial charge in [-0.2, -0.15) is 0 Å². The van der Waals surface area contributed by atoms with Gasteiger partial charge in [0.05, 0.1) is 11.5 Å². The number of hydrogen-bond donors (Lipinski definition) is 2. The Labute approximate surface area is 169 Å². The lowest BCUT2D eigenvalue weighted by Crippen LogP contribution is -2.38. The van der Waals surface area contributed by atoms with E-state index >= 15 is 0 Å². The molecule has 0 bridgehead atoms. The molecule has 1 amide bonds. The first-order chi connectivity index (χ1) is 13.9. The van der Waals surface area contributed by atoms with E-state index in [9.17, 15) is 14.7 Å². The van der Waals surface area contributed by atoms with Crippen LogP contribution in [0, 0.1) is 6.92 Å². The second kappa shape index (κ2) is 8.92. The van der Waals surface area contributed by atoms with Gasteiger partial charge in [0, 0.05) is 12.6 Å². The summed E-state index contributed by atoms with van der Waals surface area (Å²) < 4.78 is 11.3. The fraction of sp³-hybridized carbons (Fsp3) is 0.304. The standard InChI is InChI=1S/C23H25NO5/c1-4-16-12-21(26)29-20-11-14(2)10-19(22(16)20)28-15(3)23(27)24-13-18(25)17-8-6-5-7-9-17/h5-12,15,18,25H,4,13H2,1-3H3,(H,24,27)/t15-,18-/m1/s1. The number of aliphatic hydroxyl groups is 1. The normalized spacial score (nSPS) is 13.1. The minimum atomic E-state index is -0.798. The molecule has 0 unspecified atom stereocenters. The number of amides is 1. The molecule has 0 aliphatic rings. The first-order valence-corrected chi connectivity index (χ1v) is 9.63. The van der Waals surface area contributed by atoms with Gasteiger partial charge in [0.25, 0.3) is 5.91 Å². The highest BCUT2D eigenvalue weighted by Gasteiger charge is 2.19. The number of benzene rings is 2. The summed E-state index contributed by atoms with van der Waals surface area (Å²) in [5.74, 6) is 0.150. The fourth-order valence-corrected chi connectivity index (χ4v) is 3.22. The number of aliphatic hydroxyl groups excluding tert-OH is 1. The van der Waals surface area contributed by atoms with Gasteiger partial charge in [0.2, 0.25) is 0 Å². The topological polar surface area (TPSA) is 88.8 Å². The molecule has 2 N–H and O–H groups in total. The minimum Gasteiger partial charge on any atom is -0.480 e. The number of nitrogens with one attached hydrogen (secondary N) is 1. The molecule has 0 saturated heterocycles. The molecule has 1 aromatic heterocycles. The van der Waals surface area contributed by atoms with Gasteiger partial charge in [-0.25, -0.2) is 4.79 Å². The van der Waals surface area contributed by atoms with E-state index in [-0.39, 0.29) is 12.5 Å². The molecule has 6 heteroatoms. The molecule has 152 valence electrons. The molecule has 6 nitrogen and oxygen atoms in total. The molecule has 0 saturated carbocycles. The van der Waals surface area contributed by atoms with E-state index in [1.807, 2.05) is 38.1 Å². The van der Waals surface area contributed by atoms with Crippen molar-refractivity contribution in [2.45, 2.75) is 39.4 Å². The number of aryl methyl sites for hydroxylation is 2. The lowest BCUT2D eigenvalue weighted by atomic mass is 10.0. The van der Waals surface area contributed by atoms with Crippen molar-refractivity contribution in [1.29, 1.82) is 0 Å². The Bertz CT molecular complexity index is 1060. The van der Waals surface area contributed by atoms with Gasteiger partial charge < -0.3 is 19.6 Å². The smallest absolute Gasteiger partial charge is 0.336 e. The molecule has 3 rings (SSSR count). The summed E-state index contributed by atoms with van der Waals surface area (Å²) in [6.07, 6.45) is -0.960. The quantitative estimate of drug-likeness (QED) is 0.600. The Morgan fingerprint density at radius 1 is 1.21 bits per heavy atom. The van der Waals surface area contributed by atoms with E-state index in [1.165, 1.54) is 6.07 Å². The fourth-order valence-electron chi connectivity index (χ4n) is 3.22. The van der Waals surface area contributed by atoms with Crippen molar-refractivity contribution in [3.63, 3.8) is 0 Å². The molecule has 29 heavy (non-hydrogen) atoms. The average molecular weight is 395 g/mol. The molecule has 2 aromatic carbocycles. The number of carbonyl (C=O) groups excluding carboxylic acids is 1. The lowest BCUT2D eigenvalue weighted by Gasteiger charge is -2.19. The number of ether oxygens (including phenoxy) is 1. The second-order valence-electron chi connectivity index (χ2n) is 7.01. The van der Waals surface area contributed by atoms with Crippen LogP contribution in [0.3, 0.4) is 0 Å². The van der Waals surface area contributed by atoms with Crippen LogP contribution in [0.1, 0.15) is 36.6 Å². The third kappa shape index (κ3) is 4.84. The first-order valence-electron chi connectivity index (χ1n) is 9.63. The van der Waals surface area contributed by atoms with Crippen LogP contribution in [0.4, 0.5) is 0 Å². The van der Waals surface area contributed by atoms with Gasteiger partial charge in [0.1, 0.15) is 11.3 Å². The van der Waals surface area contributed by atoms with Crippen LogP contribution in [0.25, 0.3) is 11.0 Å². The molecule has 0 radical (unpaired) electrons. The van der Waals surface area contributed by atoms with Gasteiger partial charge in [-0.05, 0) is 49.1 Å². The lowest BCUT2D eigenvalue weighted by molar-refractivity contribution is -0.127. The third-order valence-electron chi connectivity index (χ3n) is 4.74. The Balaban J connectivity index is 1.76. The van der Waals surface area contributed by atoms with Crippen LogP contribution in [-0.2, 0) is 11.2 Å². The summed E-state index contributed by atoms with van der Waals surface area (Å²) in [6.45, 7) is 5.54. The predicted molar refractivity (Wildman–Crippen MR) is 111 cm³/mol. The number of hydrogen-bond acceptors (Lipinski definition) is 5. The van der Waals surface area contributed by atoms with Crippen LogP contribution in [0.5, 0.6) is 5.75 Å². The van der Waals surface area contributed by atoms with Gasteiger partial charge in [-0.15, -0.1) is 0 Å². The van der Waals surface area contributed by atoms with Crippen LogP contribution in [-0.4, -0.2) is 23.7 Å². The van der Waals surface area contributed by atoms with E-state index in [0.29, 0.717) is 23.1 Å². The van der Waals surface area contributed by atoms with Crippen LogP contribution in [0.2, 0.25) is 0 Å². The molecular formula is C23H25NO5. The van der Waals surface area contributed by atoms with Crippen LogP contribution < -0.4 is 15.7 Å². The largest absolute Gasteiger partial charge is 0.480 e. The van der Waals surface area contributed by atoms with Gasteiger partial charge >= 0.3 is 5.63 Å². The highest BCUT2D eigenvalue weighted by molar-refractivity contribution is 5.88. The summed E-state index contributed by atoms with van der Waals surface area (Å²) in [6, 6.07) is 14.2. The first kappa shape index (κ1) is 20.6. The van der Waals surface area contributed by atoms with Gasteiger partial charge in [-0.1, -0.05) is 37.3 Å². The Kier molecular flexibility index (Phi) is 6.34. The van der Waals surface area contributed by atoms with Crippen molar-refractivity contribution in [3.8, 4) is 5.75 Å². The van der Waals surface area contributed by atoms with Crippen LogP contribution >= 0.6 is 0 Å². The summed E-state index contributed by atoms with van der Waals surface area (Å²) >= 11 is 0. The monoisotopic (exact) mass is 395 g/mol. The van der Waals surface area contributed by atoms with Crippen molar-refractivity contribution < 1.29 is 19.1 Å². The summed E-state index contributed by atoms with van der Waals surface area (Å²) in [5, 5.41) is 13.6. The van der Waals surface area contributed by atoms with Crippen molar-refractivity contribution in [2.24, 2.45) is 0 Å². The van der Waals surface area contributed by atoms with Crippen LogP contribution in [0.15, 0.2) is 57.7 Å². The minimum absolute atomic E-state index is 0.0835. The number of carbonyl (C=O) groups is 1. The summed E-state index contributed by atoms with van der Waals surface area (Å²) in [4.78, 5) is 24.3. The van der Waals surface area contributed by atoms with Crippen molar-refractivity contribution in [3.05, 3.63) is 75.6 Å². The molecule has 0 fully saturated rings. The Morgan fingerprint density at radius 3 is 2.62 bits per heavy atom. The second-order valence-corrected chi connectivity index (χ2v) is 7.01. The molecule has 3 aromatic rings. The van der Waals surface area contributed by atoms with Crippen molar-refractivity contribution >= 4 is 16.9 Å². The van der Waals surface area contributed by atoms with Crippen molar-refractivity contribution in [2.75, 3.05) is 6.54 Å². The number of rotatable bonds is 7. The molecule has 0 spiro atoms. The van der Waals surface area contributed by atoms with E-state index in [2.05, 4.69) is 5.32 Å². The molecule has 2 atom stereocenters. The SMILES string of the molecule is CCc1cc(=O)oc2cc(C)cc(O[C@H](C)C(=O)NC[C@@H](O)c3ccccc3)c12. The van der Waals surface area contributed by atoms with E-state index in [1.54, 1.807) is 25.1 Å². The molecule has 0 aliphatic carbocycles. The summed E-state index contributed by atoms with van der Waals surface area (Å²) in [7, 11) is 0. The Morgan fingerprint density at radius 2 is 1.93 bits per heavy atom. The zero-order valence-corrected chi connectivity index (χ0v) is 16.8. The third-order valence-corrected chi connectivity index (χ3v) is 4.74. The van der Waals surface area contributed by atoms with Crippen molar-refractivity contribution in [1.82, 2.24) is 5.32 Å². The van der Waals surface area contributed by atoms with E-state index in [4.69, 9.17) is 9.15 Å². The maximum Gasteiger partial charge on any atom is 0.336 e. The average Bonchev–Trinajstić information content (AvgIpc) is 2.71. The molecule has 0 aliphatic heterocycles. The highest BCUT2D eigenvalue weighted by Crippen LogP contribution is 2.31. The maximum atomic E-state index is 12.5. The Hall–Kier alpha value is -3.12.